The molecule has 1 aliphatic rings. The lowest BCUT2D eigenvalue weighted by Gasteiger charge is -2.34. The maximum absolute atomic E-state index is 13.3. The molecule has 1 amide bonds. The number of nitrogens with zero attached hydrogens (tertiary/aromatic N) is 1. The van der Waals surface area contributed by atoms with Crippen LogP contribution in [0.2, 0.25) is 0 Å². The number of carbonyl (C=O) groups excluding carboxylic acids is 1. The fourth-order valence-electron chi connectivity index (χ4n) is 1.95. The van der Waals surface area contributed by atoms with Gasteiger partial charge in [-0.3, -0.25) is 4.79 Å². The monoisotopic (exact) mass is 223 g/mol. The van der Waals surface area contributed by atoms with E-state index in [1.807, 2.05) is 6.92 Å². The summed E-state index contributed by atoms with van der Waals surface area (Å²) in [5, 5.41) is 0. The van der Waals surface area contributed by atoms with Gasteiger partial charge in [0, 0.05) is 13.0 Å². The van der Waals surface area contributed by atoms with E-state index in [0.717, 1.165) is 0 Å². The van der Waals surface area contributed by atoms with Crippen molar-refractivity contribution in [3.63, 3.8) is 0 Å². The summed E-state index contributed by atoms with van der Waals surface area (Å²) in [4.78, 5) is 13.2. The number of amides is 1. The molecule has 0 aromatic heterocycles. The fourth-order valence-corrected chi connectivity index (χ4v) is 1.95. The SMILES string of the molecule is CC(=O)N1c2cc(C)c(F)cc2OCC1C. The summed E-state index contributed by atoms with van der Waals surface area (Å²) in [5.41, 5.74) is 1.17. The highest BCUT2D eigenvalue weighted by atomic mass is 19.1. The van der Waals surface area contributed by atoms with Gasteiger partial charge in [0.2, 0.25) is 5.91 Å². The van der Waals surface area contributed by atoms with Crippen molar-refractivity contribution in [1.29, 1.82) is 0 Å². The highest BCUT2D eigenvalue weighted by molar-refractivity contribution is 5.94. The third-order valence-corrected chi connectivity index (χ3v) is 2.76. The van der Waals surface area contributed by atoms with Crippen molar-refractivity contribution in [2.24, 2.45) is 0 Å². The van der Waals surface area contributed by atoms with Gasteiger partial charge in [-0.05, 0) is 25.5 Å². The smallest absolute Gasteiger partial charge is 0.224 e. The van der Waals surface area contributed by atoms with Crippen molar-refractivity contribution >= 4 is 11.6 Å². The van der Waals surface area contributed by atoms with Crippen LogP contribution in [-0.4, -0.2) is 18.6 Å². The van der Waals surface area contributed by atoms with Crippen LogP contribution in [0.1, 0.15) is 19.4 Å². The molecule has 86 valence electrons. The summed E-state index contributed by atoms with van der Waals surface area (Å²) in [5.74, 6) is 0.0799. The lowest BCUT2D eigenvalue weighted by Crippen LogP contribution is -2.44. The third kappa shape index (κ3) is 1.64. The number of hydrogen-bond acceptors (Lipinski definition) is 2. The van der Waals surface area contributed by atoms with Crippen LogP contribution in [-0.2, 0) is 4.79 Å². The Hall–Kier alpha value is -1.58. The van der Waals surface area contributed by atoms with Crippen LogP contribution in [0.5, 0.6) is 5.75 Å². The van der Waals surface area contributed by atoms with Gasteiger partial charge in [0.25, 0.3) is 0 Å². The molecule has 16 heavy (non-hydrogen) atoms. The molecule has 2 rings (SSSR count). The highest BCUT2D eigenvalue weighted by Crippen LogP contribution is 2.35. The second-order valence-electron chi connectivity index (χ2n) is 4.12. The van der Waals surface area contributed by atoms with Crippen LogP contribution >= 0.6 is 0 Å². The number of ether oxygens (including phenoxy) is 1. The van der Waals surface area contributed by atoms with Gasteiger partial charge in [0.15, 0.2) is 0 Å². The summed E-state index contributed by atoms with van der Waals surface area (Å²) >= 11 is 0. The van der Waals surface area contributed by atoms with Gasteiger partial charge < -0.3 is 9.64 Å². The molecule has 0 bridgehead atoms. The number of hydrogen-bond donors (Lipinski definition) is 0. The lowest BCUT2D eigenvalue weighted by molar-refractivity contribution is -0.117. The molecule has 1 atom stereocenters. The molecule has 0 fully saturated rings. The fraction of sp³-hybridized carbons (Fsp3) is 0.417. The summed E-state index contributed by atoms with van der Waals surface area (Å²) < 4.78 is 18.8. The van der Waals surface area contributed by atoms with Crippen molar-refractivity contribution in [3.8, 4) is 5.75 Å². The second-order valence-corrected chi connectivity index (χ2v) is 4.12. The molecule has 1 unspecified atom stereocenters. The van der Waals surface area contributed by atoms with E-state index >= 15 is 0 Å². The van der Waals surface area contributed by atoms with E-state index < -0.39 is 0 Å². The molecule has 1 heterocycles. The van der Waals surface area contributed by atoms with E-state index in [0.29, 0.717) is 23.6 Å². The van der Waals surface area contributed by atoms with Crippen molar-refractivity contribution in [3.05, 3.63) is 23.5 Å². The average Bonchev–Trinajstić information content (AvgIpc) is 2.20. The van der Waals surface area contributed by atoms with Crippen LogP contribution in [0.25, 0.3) is 0 Å². The van der Waals surface area contributed by atoms with Crippen molar-refractivity contribution in [2.75, 3.05) is 11.5 Å². The van der Waals surface area contributed by atoms with E-state index in [1.165, 1.54) is 13.0 Å². The van der Waals surface area contributed by atoms with E-state index in [9.17, 15) is 9.18 Å². The van der Waals surface area contributed by atoms with Crippen LogP contribution in [0.4, 0.5) is 10.1 Å². The molecule has 0 saturated carbocycles. The molecule has 0 saturated heterocycles. The Bertz CT molecular complexity index is 445. The van der Waals surface area contributed by atoms with Crippen LogP contribution < -0.4 is 9.64 Å². The number of carbonyl (C=O) groups is 1. The number of halogens is 1. The maximum atomic E-state index is 13.3. The average molecular weight is 223 g/mol. The van der Waals surface area contributed by atoms with E-state index in [1.54, 1.807) is 17.9 Å². The Morgan fingerprint density at radius 3 is 2.88 bits per heavy atom. The Labute approximate surface area is 93.8 Å². The van der Waals surface area contributed by atoms with Gasteiger partial charge >= 0.3 is 0 Å². The molecule has 4 heteroatoms. The predicted molar refractivity (Wildman–Crippen MR) is 59.3 cm³/mol. The Morgan fingerprint density at radius 1 is 1.56 bits per heavy atom. The summed E-state index contributed by atoms with van der Waals surface area (Å²) in [7, 11) is 0. The van der Waals surface area contributed by atoms with Gasteiger partial charge in [-0.2, -0.15) is 0 Å². The van der Waals surface area contributed by atoms with Crippen LogP contribution in [0.15, 0.2) is 12.1 Å². The highest BCUT2D eigenvalue weighted by Gasteiger charge is 2.28. The molecule has 1 aliphatic heterocycles. The number of benzene rings is 1. The first kappa shape index (κ1) is 10.9. The summed E-state index contributed by atoms with van der Waals surface area (Å²) in [6, 6.07) is 2.98. The van der Waals surface area contributed by atoms with Gasteiger partial charge in [0.1, 0.15) is 18.2 Å². The minimum Gasteiger partial charge on any atom is -0.489 e. The van der Waals surface area contributed by atoms with Gasteiger partial charge in [0.05, 0.1) is 11.7 Å². The first-order valence-electron chi connectivity index (χ1n) is 5.23. The minimum atomic E-state index is -0.309. The molecule has 0 N–H and O–H groups in total. The molecule has 0 spiro atoms. The zero-order valence-electron chi connectivity index (χ0n) is 9.58. The Balaban J connectivity index is 2.55. The number of aryl methyl sites for hydroxylation is 1. The van der Waals surface area contributed by atoms with Crippen molar-refractivity contribution in [1.82, 2.24) is 0 Å². The summed E-state index contributed by atoms with van der Waals surface area (Å²) in [6.07, 6.45) is 0. The zero-order chi connectivity index (χ0) is 11.9. The second kappa shape index (κ2) is 3.77. The molecular formula is C12H14FNO2. The van der Waals surface area contributed by atoms with Gasteiger partial charge in [-0.1, -0.05) is 0 Å². The molecule has 3 nitrogen and oxygen atoms in total. The molecule has 0 aliphatic carbocycles. The quantitative estimate of drug-likeness (QED) is 0.675. The van der Waals surface area contributed by atoms with Crippen LogP contribution in [0, 0.1) is 12.7 Å². The minimum absolute atomic E-state index is 0.0186. The molecule has 1 aromatic rings. The van der Waals surface area contributed by atoms with Crippen molar-refractivity contribution in [2.45, 2.75) is 26.8 Å². The van der Waals surface area contributed by atoms with Crippen LogP contribution in [0.3, 0.4) is 0 Å². The Kier molecular flexibility index (Phi) is 2.58. The zero-order valence-corrected chi connectivity index (χ0v) is 9.58. The van der Waals surface area contributed by atoms with Crippen molar-refractivity contribution < 1.29 is 13.9 Å². The van der Waals surface area contributed by atoms with E-state index in [2.05, 4.69) is 0 Å². The largest absolute Gasteiger partial charge is 0.489 e. The third-order valence-electron chi connectivity index (χ3n) is 2.76. The topological polar surface area (TPSA) is 29.5 Å². The number of anilines is 1. The first-order valence-corrected chi connectivity index (χ1v) is 5.23. The molecular weight excluding hydrogens is 209 g/mol. The standard InChI is InChI=1S/C12H14FNO2/c1-7-4-11-12(5-10(7)13)16-6-8(2)14(11)9(3)15/h4-5,8H,6H2,1-3H3. The molecule has 0 radical (unpaired) electrons. The molecule has 1 aromatic carbocycles. The van der Waals surface area contributed by atoms with E-state index in [4.69, 9.17) is 4.74 Å². The number of rotatable bonds is 0. The normalized spacial score (nSPS) is 19.0. The number of fused-ring (bicyclic) bond motifs is 1. The van der Waals surface area contributed by atoms with Gasteiger partial charge in [-0.25, -0.2) is 4.39 Å². The van der Waals surface area contributed by atoms with Gasteiger partial charge in [-0.15, -0.1) is 0 Å². The lowest BCUT2D eigenvalue weighted by atomic mass is 10.1. The predicted octanol–water partition coefficient (Wildman–Crippen LogP) is 2.27. The first-order chi connectivity index (χ1) is 7.50. The van der Waals surface area contributed by atoms with E-state index in [-0.39, 0.29) is 17.8 Å². The maximum Gasteiger partial charge on any atom is 0.224 e. The summed E-state index contributed by atoms with van der Waals surface area (Å²) in [6.45, 7) is 5.48. The Morgan fingerprint density at radius 2 is 2.25 bits per heavy atom.